The van der Waals surface area contributed by atoms with Gasteiger partial charge in [-0.1, -0.05) is 41.4 Å². The quantitative estimate of drug-likeness (QED) is 0.622. The number of para-hydroxylation sites is 2. The van der Waals surface area contributed by atoms with Crippen LogP contribution in [0.25, 0.3) is 11.1 Å². The van der Waals surface area contributed by atoms with Gasteiger partial charge in [0.25, 0.3) is 6.01 Å². The Balaban J connectivity index is 1.34. The molecule has 1 aliphatic heterocycles. The molecule has 146 valence electrons. The molecule has 0 aliphatic carbocycles. The molecule has 3 aromatic rings. The highest BCUT2D eigenvalue weighted by molar-refractivity contribution is 6.36. The molecule has 1 aliphatic rings. The van der Waals surface area contributed by atoms with Crippen molar-refractivity contribution in [1.82, 2.24) is 10.3 Å². The van der Waals surface area contributed by atoms with E-state index in [0.717, 1.165) is 36.0 Å². The van der Waals surface area contributed by atoms with E-state index in [2.05, 4.69) is 15.2 Å². The first kappa shape index (κ1) is 19.1. The summed E-state index contributed by atoms with van der Waals surface area (Å²) in [6, 6.07) is 13.9. The Kier molecular flexibility index (Phi) is 5.74. The topological polar surface area (TPSA) is 58.4 Å². The first-order valence-corrected chi connectivity index (χ1v) is 10.2. The first-order valence-electron chi connectivity index (χ1n) is 9.43. The SMILES string of the molecule is O=C(CCc1c(Cl)cccc1Cl)NCC1CCCN1c1nc2ccccc2o1. The second-order valence-electron chi connectivity index (χ2n) is 6.96. The number of benzene rings is 2. The Morgan fingerprint density at radius 3 is 2.75 bits per heavy atom. The van der Waals surface area contributed by atoms with Crippen molar-refractivity contribution in [3.05, 3.63) is 58.1 Å². The lowest BCUT2D eigenvalue weighted by molar-refractivity contribution is -0.121. The molecule has 28 heavy (non-hydrogen) atoms. The van der Waals surface area contributed by atoms with E-state index in [0.29, 0.717) is 35.4 Å². The number of nitrogens with zero attached hydrogens (tertiary/aromatic N) is 2. The number of halogens is 2. The highest BCUT2D eigenvalue weighted by Crippen LogP contribution is 2.28. The van der Waals surface area contributed by atoms with Crippen molar-refractivity contribution < 1.29 is 9.21 Å². The Hall–Kier alpha value is -2.24. The van der Waals surface area contributed by atoms with Crippen molar-refractivity contribution in [2.24, 2.45) is 0 Å². The van der Waals surface area contributed by atoms with Gasteiger partial charge in [-0.05, 0) is 49.1 Å². The minimum absolute atomic E-state index is 0.0135. The number of aromatic nitrogens is 1. The summed E-state index contributed by atoms with van der Waals surface area (Å²) in [6.07, 6.45) is 2.91. The van der Waals surface area contributed by atoms with Crippen LogP contribution in [-0.4, -0.2) is 30.0 Å². The third-order valence-electron chi connectivity index (χ3n) is 5.10. The van der Waals surface area contributed by atoms with Crippen LogP contribution in [0.3, 0.4) is 0 Å². The minimum Gasteiger partial charge on any atom is -0.423 e. The molecule has 1 unspecified atom stereocenters. The summed E-state index contributed by atoms with van der Waals surface area (Å²) in [6.45, 7) is 1.44. The molecule has 1 aromatic heterocycles. The van der Waals surface area contributed by atoms with Gasteiger partial charge in [0.05, 0.1) is 6.04 Å². The molecule has 0 saturated carbocycles. The second kappa shape index (κ2) is 8.41. The van der Waals surface area contributed by atoms with E-state index in [1.807, 2.05) is 24.3 Å². The Labute approximate surface area is 173 Å². The Morgan fingerprint density at radius 1 is 1.18 bits per heavy atom. The molecule has 4 rings (SSSR count). The number of hydrogen-bond acceptors (Lipinski definition) is 4. The molecule has 7 heteroatoms. The summed E-state index contributed by atoms with van der Waals surface area (Å²) in [5.41, 5.74) is 2.45. The zero-order valence-electron chi connectivity index (χ0n) is 15.3. The molecule has 0 spiro atoms. The number of hydrogen-bond donors (Lipinski definition) is 1. The number of rotatable bonds is 6. The number of carbonyl (C=O) groups is 1. The maximum Gasteiger partial charge on any atom is 0.298 e. The van der Waals surface area contributed by atoms with Crippen LogP contribution in [0.2, 0.25) is 10.0 Å². The van der Waals surface area contributed by atoms with E-state index in [1.54, 1.807) is 18.2 Å². The zero-order chi connectivity index (χ0) is 19.5. The molecule has 1 fully saturated rings. The number of amides is 1. The van der Waals surface area contributed by atoms with Crippen molar-refractivity contribution in [3.8, 4) is 0 Å². The predicted octanol–water partition coefficient (Wildman–Crippen LogP) is 4.85. The molecule has 0 bridgehead atoms. The lowest BCUT2D eigenvalue weighted by atomic mass is 10.1. The second-order valence-corrected chi connectivity index (χ2v) is 7.77. The van der Waals surface area contributed by atoms with E-state index in [1.165, 1.54) is 0 Å². The van der Waals surface area contributed by atoms with Crippen LogP contribution in [-0.2, 0) is 11.2 Å². The van der Waals surface area contributed by atoms with E-state index >= 15 is 0 Å². The Bertz CT molecular complexity index is 935. The zero-order valence-corrected chi connectivity index (χ0v) is 16.8. The lowest BCUT2D eigenvalue weighted by Crippen LogP contribution is -2.40. The molecule has 1 atom stereocenters. The third kappa shape index (κ3) is 4.10. The van der Waals surface area contributed by atoms with Crippen molar-refractivity contribution >= 4 is 46.2 Å². The molecular formula is C21H21Cl2N3O2. The van der Waals surface area contributed by atoms with Gasteiger partial charge in [-0.2, -0.15) is 4.98 Å². The van der Waals surface area contributed by atoms with Crippen molar-refractivity contribution in [1.29, 1.82) is 0 Å². The highest BCUT2D eigenvalue weighted by Gasteiger charge is 2.28. The van der Waals surface area contributed by atoms with Crippen LogP contribution in [0.4, 0.5) is 6.01 Å². The molecule has 0 radical (unpaired) electrons. The highest BCUT2D eigenvalue weighted by atomic mass is 35.5. The van der Waals surface area contributed by atoms with Crippen molar-refractivity contribution in [3.63, 3.8) is 0 Å². The summed E-state index contributed by atoms with van der Waals surface area (Å²) < 4.78 is 5.89. The minimum atomic E-state index is -0.0135. The van der Waals surface area contributed by atoms with Gasteiger partial charge in [0.15, 0.2) is 5.58 Å². The van der Waals surface area contributed by atoms with Gasteiger partial charge in [0, 0.05) is 29.6 Å². The van der Waals surface area contributed by atoms with Crippen LogP contribution < -0.4 is 10.2 Å². The largest absolute Gasteiger partial charge is 0.423 e. The molecule has 1 N–H and O–H groups in total. The van der Waals surface area contributed by atoms with Crippen LogP contribution in [0, 0.1) is 0 Å². The van der Waals surface area contributed by atoms with E-state index in [-0.39, 0.29) is 11.9 Å². The van der Waals surface area contributed by atoms with Crippen LogP contribution >= 0.6 is 23.2 Å². The summed E-state index contributed by atoms with van der Waals surface area (Å²) in [7, 11) is 0. The fourth-order valence-corrected chi connectivity index (χ4v) is 4.20. The van der Waals surface area contributed by atoms with Crippen molar-refractivity contribution in [2.45, 2.75) is 31.7 Å². The van der Waals surface area contributed by atoms with Crippen LogP contribution in [0.1, 0.15) is 24.8 Å². The van der Waals surface area contributed by atoms with Gasteiger partial charge >= 0.3 is 0 Å². The van der Waals surface area contributed by atoms with E-state index in [9.17, 15) is 4.79 Å². The summed E-state index contributed by atoms with van der Waals surface area (Å²) in [4.78, 5) is 19.1. The number of oxazole rings is 1. The monoisotopic (exact) mass is 417 g/mol. The molecule has 5 nitrogen and oxygen atoms in total. The molecule has 2 aromatic carbocycles. The van der Waals surface area contributed by atoms with Gasteiger partial charge in [-0.25, -0.2) is 0 Å². The maximum absolute atomic E-state index is 12.3. The first-order chi connectivity index (χ1) is 13.6. The summed E-state index contributed by atoms with van der Waals surface area (Å²) in [5, 5.41) is 4.22. The van der Waals surface area contributed by atoms with Gasteiger partial charge in [-0.15, -0.1) is 0 Å². The fraction of sp³-hybridized carbons (Fsp3) is 0.333. The lowest BCUT2D eigenvalue weighted by Gasteiger charge is -2.23. The standard InChI is InChI=1S/C21H21Cl2N3O2/c22-16-6-3-7-17(23)15(16)10-11-20(27)24-13-14-5-4-12-26(14)21-25-18-8-1-2-9-19(18)28-21/h1-3,6-9,14H,4-5,10-13H2,(H,24,27). The average molecular weight is 418 g/mol. The molecule has 1 saturated heterocycles. The van der Waals surface area contributed by atoms with E-state index < -0.39 is 0 Å². The van der Waals surface area contributed by atoms with Crippen molar-refractivity contribution in [2.75, 3.05) is 18.0 Å². The number of nitrogens with one attached hydrogen (secondary N) is 1. The summed E-state index contributed by atoms with van der Waals surface area (Å²) in [5.74, 6) is -0.0135. The fourth-order valence-electron chi connectivity index (χ4n) is 3.61. The maximum atomic E-state index is 12.3. The van der Waals surface area contributed by atoms with Gasteiger partial charge in [0.2, 0.25) is 5.91 Å². The van der Waals surface area contributed by atoms with Gasteiger partial charge in [-0.3, -0.25) is 4.79 Å². The normalized spacial score (nSPS) is 16.6. The number of carbonyl (C=O) groups excluding carboxylic acids is 1. The smallest absolute Gasteiger partial charge is 0.298 e. The van der Waals surface area contributed by atoms with E-state index in [4.69, 9.17) is 27.6 Å². The summed E-state index contributed by atoms with van der Waals surface area (Å²) >= 11 is 12.3. The van der Waals surface area contributed by atoms with Gasteiger partial charge in [0.1, 0.15) is 5.52 Å². The molecule has 2 heterocycles. The van der Waals surface area contributed by atoms with Crippen LogP contribution in [0.15, 0.2) is 46.9 Å². The Morgan fingerprint density at radius 2 is 1.96 bits per heavy atom. The van der Waals surface area contributed by atoms with Crippen LogP contribution in [0.5, 0.6) is 0 Å². The molecular weight excluding hydrogens is 397 g/mol. The third-order valence-corrected chi connectivity index (χ3v) is 5.81. The predicted molar refractivity (Wildman–Crippen MR) is 112 cm³/mol. The number of anilines is 1. The molecule has 1 amide bonds. The average Bonchev–Trinajstić information content (AvgIpc) is 3.32. The van der Waals surface area contributed by atoms with Gasteiger partial charge < -0.3 is 14.6 Å². The number of fused-ring (bicyclic) bond motifs is 1.